The molecule has 0 radical (unpaired) electrons. The van der Waals surface area contributed by atoms with Gasteiger partial charge in [0.2, 0.25) is 0 Å². The molecule has 0 rings (SSSR count). The van der Waals surface area contributed by atoms with E-state index in [0.29, 0.717) is 6.42 Å². The summed E-state index contributed by atoms with van der Waals surface area (Å²) >= 11 is 0. The monoisotopic (exact) mass is 282 g/mol. The van der Waals surface area contributed by atoms with E-state index in [1.807, 2.05) is 0 Å². The number of carbonyl (C=O) groups excluding carboxylic acids is 2. The Morgan fingerprint density at radius 2 is 1.35 bits per heavy atom. The number of ether oxygens (including phenoxy) is 1. The first-order valence-electron chi connectivity index (χ1n) is 7.95. The van der Waals surface area contributed by atoms with Crippen LogP contribution in [0.3, 0.4) is 0 Å². The highest BCUT2D eigenvalue weighted by Gasteiger charge is 2.07. The molecule has 20 heavy (non-hydrogen) atoms. The lowest BCUT2D eigenvalue weighted by Crippen LogP contribution is -2.10. The number of hydrogen-bond acceptors (Lipinski definition) is 3. The minimum absolute atomic E-state index is 0.345. The molecule has 0 fully saturated rings. The van der Waals surface area contributed by atoms with Gasteiger partial charge in [-0.1, -0.05) is 63.9 Å². The van der Waals surface area contributed by atoms with Crippen molar-refractivity contribution in [2.75, 3.05) is 0 Å². The number of rotatable bonds is 11. The second kappa shape index (κ2) is 12.9. The smallest absolute Gasteiger partial charge is 0.338 e. The van der Waals surface area contributed by atoms with Crippen molar-refractivity contribution in [2.45, 2.75) is 85.0 Å². The molecule has 0 bridgehead atoms. The molecule has 0 aliphatic heterocycles. The highest BCUT2D eigenvalue weighted by atomic mass is 16.6. The number of unbranched alkanes of at least 4 members (excludes halogenated alkanes) is 8. The summed E-state index contributed by atoms with van der Waals surface area (Å²) in [6.45, 7) is 5.82. The SMILES string of the molecule is CCCCCCCCCCCC(=O)OC(=O)C=C(C)C. The number of hydrogen-bond donors (Lipinski definition) is 0. The zero-order valence-corrected chi connectivity index (χ0v) is 13.4. The van der Waals surface area contributed by atoms with Crippen LogP contribution in [0.25, 0.3) is 0 Å². The molecule has 3 heteroatoms. The molecule has 0 aromatic heterocycles. The Kier molecular flexibility index (Phi) is 12.2. The molecule has 0 aromatic rings. The van der Waals surface area contributed by atoms with Crippen molar-refractivity contribution in [1.82, 2.24) is 0 Å². The molecule has 0 aliphatic carbocycles. The summed E-state index contributed by atoms with van der Waals surface area (Å²) in [6.07, 6.45) is 12.5. The van der Waals surface area contributed by atoms with E-state index in [0.717, 1.165) is 18.4 Å². The van der Waals surface area contributed by atoms with Crippen molar-refractivity contribution >= 4 is 11.9 Å². The summed E-state index contributed by atoms with van der Waals surface area (Å²) < 4.78 is 4.68. The van der Waals surface area contributed by atoms with Crippen LogP contribution in [0.4, 0.5) is 0 Å². The minimum Gasteiger partial charge on any atom is -0.390 e. The molecule has 0 spiro atoms. The van der Waals surface area contributed by atoms with Crippen LogP contribution in [0.15, 0.2) is 11.6 Å². The van der Waals surface area contributed by atoms with Crippen molar-refractivity contribution < 1.29 is 14.3 Å². The highest BCUT2D eigenvalue weighted by Crippen LogP contribution is 2.10. The Morgan fingerprint density at radius 3 is 1.85 bits per heavy atom. The Labute approximate surface area is 123 Å². The van der Waals surface area contributed by atoms with Gasteiger partial charge in [0.15, 0.2) is 0 Å². The molecule has 0 amide bonds. The van der Waals surface area contributed by atoms with E-state index < -0.39 is 11.9 Å². The van der Waals surface area contributed by atoms with Gasteiger partial charge in [0.25, 0.3) is 0 Å². The Bertz CT molecular complexity index is 301. The maximum absolute atomic E-state index is 11.4. The van der Waals surface area contributed by atoms with E-state index in [9.17, 15) is 9.59 Å². The second-order valence-electron chi connectivity index (χ2n) is 5.59. The largest absolute Gasteiger partial charge is 0.390 e. The molecular formula is C17H30O3. The molecule has 3 nitrogen and oxygen atoms in total. The molecule has 0 N–H and O–H groups in total. The number of esters is 2. The highest BCUT2D eigenvalue weighted by molar-refractivity contribution is 5.92. The van der Waals surface area contributed by atoms with Crippen molar-refractivity contribution in [3.8, 4) is 0 Å². The average Bonchev–Trinajstić information content (AvgIpc) is 2.35. The van der Waals surface area contributed by atoms with Crippen LogP contribution in [-0.2, 0) is 14.3 Å². The summed E-state index contributed by atoms with van der Waals surface area (Å²) in [5.41, 5.74) is 0.839. The van der Waals surface area contributed by atoms with Crippen LogP contribution in [-0.4, -0.2) is 11.9 Å². The third-order valence-corrected chi connectivity index (χ3v) is 3.11. The first-order chi connectivity index (χ1) is 9.56. The van der Waals surface area contributed by atoms with Gasteiger partial charge in [0, 0.05) is 12.5 Å². The molecule has 0 aromatic carbocycles. The molecule has 0 saturated heterocycles. The zero-order chi connectivity index (χ0) is 15.2. The second-order valence-corrected chi connectivity index (χ2v) is 5.59. The molecule has 0 saturated carbocycles. The average molecular weight is 282 g/mol. The first-order valence-corrected chi connectivity index (χ1v) is 7.95. The zero-order valence-electron chi connectivity index (χ0n) is 13.4. The van der Waals surface area contributed by atoms with Crippen molar-refractivity contribution in [3.63, 3.8) is 0 Å². The maximum Gasteiger partial charge on any atom is 0.338 e. The van der Waals surface area contributed by atoms with Crippen LogP contribution < -0.4 is 0 Å². The van der Waals surface area contributed by atoms with Gasteiger partial charge in [0.1, 0.15) is 0 Å². The van der Waals surface area contributed by atoms with Gasteiger partial charge < -0.3 is 4.74 Å². The van der Waals surface area contributed by atoms with Crippen molar-refractivity contribution in [3.05, 3.63) is 11.6 Å². The fraction of sp³-hybridized carbons (Fsp3) is 0.765. The maximum atomic E-state index is 11.4. The van der Waals surface area contributed by atoms with Gasteiger partial charge in [-0.15, -0.1) is 0 Å². The fourth-order valence-electron chi connectivity index (χ4n) is 2.01. The summed E-state index contributed by atoms with van der Waals surface area (Å²) in [7, 11) is 0. The fourth-order valence-corrected chi connectivity index (χ4v) is 2.01. The molecule has 0 unspecified atom stereocenters. The van der Waals surface area contributed by atoms with E-state index in [2.05, 4.69) is 11.7 Å². The lowest BCUT2D eigenvalue weighted by molar-refractivity contribution is -0.156. The number of allylic oxidation sites excluding steroid dienone is 1. The van der Waals surface area contributed by atoms with E-state index in [-0.39, 0.29) is 0 Å². The summed E-state index contributed by atoms with van der Waals surface area (Å²) in [4.78, 5) is 22.6. The van der Waals surface area contributed by atoms with Gasteiger partial charge in [-0.2, -0.15) is 0 Å². The van der Waals surface area contributed by atoms with Gasteiger partial charge in [0.05, 0.1) is 0 Å². The van der Waals surface area contributed by atoms with Gasteiger partial charge in [-0.05, 0) is 20.3 Å². The first kappa shape index (κ1) is 18.9. The third-order valence-electron chi connectivity index (χ3n) is 3.11. The van der Waals surface area contributed by atoms with E-state index in [4.69, 9.17) is 0 Å². The van der Waals surface area contributed by atoms with E-state index >= 15 is 0 Å². The lowest BCUT2D eigenvalue weighted by atomic mass is 10.1. The molecule has 116 valence electrons. The Balaban J connectivity index is 3.40. The van der Waals surface area contributed by atoms with Gasteiger partial charge in [-0.25, -0.2) is 4.79 Å². The normalized spacial score (nSPS) is 10.2. The predicted molar refractivity (Wildman–Crippen MR) is 82.4 cm³/mol. The van der Waals surface area contributed by atoms with Crippen LogP contribution >= 0.6 is 0 Å². The summed E-state index contributed by atoms with van der Waals surface area (Å²) in [6, 6.07) is 0. The summed E-state index contributed by atoms with van der Waals surface area (Å²) in [5.74, 6) is -0.957. The topological polar surface area (TPSA) is 43.4 Å². The van der Waals surface area contributed by atoms with Gasteiger partial charge >= 0.3 is 11.9 Å². The van der Waals surface area contributed by atoms with Crippen LogP contribution in [0, 0.1) is 0 Å². The van der Waals surface area contributed by atoms with Crippen molar-refractivity contribution in [2.24, 2.45) is 0 Å². The quantitative estimate of drug-likeness (QED) is 0.233. The standard InChI is InChI=1S/C17H30O3/c1-4-5-6-7-8-9-10-11-12-13-16(18)20-17(19)14-15(2)3/h14H,4-13H2,1-3H3. The Morgan fingerprint density at radius 1 is 0.850 bits per heavy atom. The minimum atomic E-state index is -0.550. The van der Waals surface area contributed by atoms with Crippen LogP contribution in [0.2, 0.25) is 0 Å². The van der Waals surface area contributed by atoms with E-state index in [1.165, 1.54) is 51.0 Å². The third kappa shape index (κ3) is 13.3. The van der Waals surface area contributed by atoms with Crippen LogP contribution in [0.1, 0.15) is 85.0 Å². The lowest BCUT2D eigenvalue weighted by Gasteiger charge is -2.02. The molecule has 0 aliphatic rings. The van der Waals surface area contributed by atoms with Crippen molar-refractivity contribution in [1.29, 1.82) is 0 Å². The molecule has 0 atom stereocenters. The predicted octanol–water partition coefficient (Wildman–Crippen LogP) is 4.94. The van der Waals surface area contributed by atoms with Gasteiger partial charge in [-0.3, -0.25) is 4.79 Å². The molecular weight excluding hydrogens is 252 g/mol. The van der Waals surface area contributed by atoms with E-state index in [1.54, 1.807) is 13.8 Å². The van der Waals surface area contributed by atoms with Crippen LogP contribution in [0.5, 0.6) is 0 Å². The number of carbonyl (C=O) groups is 2. The summed E-state index contributed by atoms with van der Waals surface area (Å²) in [5, 5.41) is 0. The molecule has 0 heterocycles. The Hall–Kier alpha value is -1.12.